The molecule has 0 spiro atoms. The molecule has 36 heavy (non-hydrogen) atoms. The minimum atomic E-state index is -0.290. The first kappa shape index (κ1) is 22.2. The van der Waals surface area contributed by atoms with Crippen LogP contribution in [0.5, 0.6) is 0 Å². The lowest BCUT2D eigenvalue weighted by Gasteiger charge is -2.08. The molecule has 2 nitrogen and oxygen atoms in total. The quantitative estimate of drug-likeness (QED) is 0.236. The summed E-state index contributed by atoms with van der Waals surface area (Å²) in [6.45, 7) is 6.25. The highest BCUT2D eigenvalue weighted by molar-refractivity contribution is 6.13. The molecule has 2 aromatic heterocycles. The molecule has 0 fully saturated rings. The van der Waals surface area contributed by atoms with Gasteiger partial charge in [-0.3, -0.25) is 0 Å². The predicted molar refractivity (Wildman–Crippen MR) is 145 cm³/mol. The summed E-state index contributed by atoms with van der Waals surface area (Å²) < 4.78 is 24.2. The highest BCUT2D eigenvalue weighted by Gasteiger charge is 2.23. The van der Waals surface area contributed by atoms with Gasteiger partial charge in [0, 0.05) is 22.4 Å². The van der Waals surface area contributed by atoms with Crippen molar-refractivity contribution < 1.29 is 13.4 Å². The van der Waals surface area contributed by atoms with Gasteiger partial charge in [-0.1, -0.05) is 60.2 Å². The van der Waals surface area contributed by atoms with Gasteiger partial charge in [-0.15, -0.1) is 0 Å². The molecule has 6 aromatic rings. The number of aryl methyl sites for hydroxylation is 4. The van der Waals surface area contributed by atoms with Gasteiger partial charge in [-0.2, -0.15) is 0 Å². The highest BCUT2D eigenvalue weighted by Crippen LogP contribution is 2.42. The van der Waals surface area contributed by atoms with Crippen molar-refractivity contribution in [1.29, 1.82) is 0 Å². The van der Waals surface area contributed by atoms with E-state index in [4.69, 9.17) is 4.42 Å². The molecule has 4 aromatic carbocycles. The maximum absolute atomic E-state index is 15.5. The van der Waals surface area contributed by atoms with Crippen molar-refractivity contribution in [3.8, 4) is 33.5 Å². The van der Waals surface area contributed by atoms with Gasteiger partial charge in [0.1, 0.15) is 24.0 Å². The average molecular weight is 473 g/mol. The van der Waals surface area contributed by atoms with Gasteiger partial charge >= 0.3 is 0 Å². The van der Waals surface area contributed by atoms with Crippen LogP contribution in [0, 0.1) is 26.6 Å². The van der Waals surface area contributed by atoms with E-state index in [1.165, 1.54) is 11.1 Å². The number of hydrogen-bond acceptors (Lipinski definition) is 1. The number of fused-ring (bicyclic) bond motifs is 3. The molecule has 0 amide bonds. The van der Waals surface area contributed by atoms with Gasteiger partial charge in [0.15, 0.2) is 6.20 Å². The van der Waals surface area contributed by atoms with E-state index in [0.717, 1.165) is 49.9 Å². The third kappa shape index (κ3) is 3.59. The fourth-order valence-electron chi connectivity index (χ4n) is 5.17. The summed E-state index contributed by atoms with van der Waals surface area (Å²) in [4.78, 5) is 0. The van der Waals surface area contributed by atoms with Crippen molar-refractivity contribution in [2.75, 3.05) is 0 Å². The Morgan fingerprint density at radius 1 is 0.639 bits per heavy atom. The highest BCUT2D eigenvalue weighted by atomic mass is 19.1. The van der Waals surface area contributed by atoms with Crippen molar-refractivity contribution in [3.63, 3.8) is 0 Å². The van der Waals surface area contributed by atoms with Gasteiger partial charge in [-0.25, -0.2) is 8.96 Å². The lowest BCUT2D eigenvalue weighted by molar-refractivity contribution is -0.660. The van der Waals surface area contributed by atoms with E-state index < -0.39 is 0 Å². The molecule has 0 aliphatic heterocycles. The molecule has 0 unspecified atom stereocenters. The predicted octanol–water partition coefficient (Wildman–Crippen LogP) is 8.48. The Hall–Kier alpha value is -4.24. The number of hydrogen-bond donors (Lipinski definition) is 0. The molecule has 0 N–H and O–H groups in total. The molecule has 0 saturated carbocycles. The van der Waals surface area contributed by atoms with Crippen LogP contribution in [0.1, 0.15) is 16.7 Å². The van der Waals surface area contributed by atoms with Crippen LogP contribution in [0.25, 0.3) is 55.4 Å². The van der Waals surface area contributed by atoms with Crippen LogP contribution in [-0.2, 0) is 7.05 Å². The largest absolute Gasteiger partial charge is 0.454 e. The molecule has 6 rings (SSSR count). The van der Waals surface area contributed by atoms with Gasteiger partial charge in [-0.05, 0) is 67.3 Å². The second kappa shape index (κ2) is 8.46. The number of pyridine rings is 1. The van der Waals surface area contributed by atoms with Crippen LogP contribution in [0.4, 0.5) is 4.39 Å². The number of nitrogens with zero attached hydrogens (tertiary/aromatic N) is 1. The lowest BCUT2D eigenvalue weighted by atomic mass is 9.96. The molecule has 0 radical (unpaired) electrons. The van der Waals surface area contributed by atoms with Gasteiger partial charge in [0.05, 0.1) is 11.1 Å². The summed E-state index contributed by atoms with van der Waals surface area (Å²) in [6, 6.07) is 28.2. The van der Waals surface area contributed by atoms with E-state index in [1.807, 2.05) is 31.3 Å². The number of halogens is 1. The molecular weight excluding hydrogens is 445 g/mol. The standard InChI is InChI=1S/C33H27FNO/c1-20-8-12-23(13-9-20)24-6-5-7-25(18-24)31-28(34)16-15-27-26-14-11-22(3)30(32(26)36-33(27)31)29-17-10-21(2)19-35(29)4/h5-19H,1-4H3/q+1. The second-order valence-corrected chi connectivity index (χ2v) is 9.68. The van der Waals surface area contributed by atoms with E-state index >= 15 is 4.39 Å². The first-order valence-corrected chi connectivity index (χ1v) is 12.2. The Kier molecular flexibility index (Phi) is 5.22. The molecule has 0 atom stereocenters. The topological polar surface area (TPSA) is 17.0 Å². The first-order valence-electron chi connectivity index (χ1n) is 12.2. The van der Waals surface area contributed by atoms with E-state index in [2.05, 4.69) is 86.1 Å². The van der Waals surface area contributed by atoms with Crippen molar-refractivity contribution in [2.24, 2.45) is 7.05 Å². The maximum atomic E-state index is 15.5. The Morgan fingerprint density at radius 3 is 2.06 bits per heavy atom. The minimum absolute atomic E-state index is 0.290. The molecule has 2 heterocycles. The van der Waals surface area contributed by atoms with Crippen molar-refractivity contribution in [2.45, 2.75) is 20.8 Å². The molecule has 0 bridgehead atoms. The SMILES string of the molecule is Cc1ccc(-c2cccc(-c3c(F)ccc4c3oc3c(-c5ccc(C)c[n+]5C)c(C)ccc34)c2)cc1. The third-order valence-corrected chi connectivity index (χ3v) is 7.04. The van der Waals surface area contributed by atoms with Gasteiger partial charge in [0.2, 0.25) is 5.69 Å². The van der Waals surface area contributed by atoms with Crippen molar-refractivity contribution in [1.82, 2.24) is 0 Å². The third-order valence-electron chi connectivity index (χ3n) is 7.04. The summed E-state index contributed by atoms with van der Waals surface area (Å²) >= 11 is 0. The van der Waals surface area contributed by atoms with E-state index in [0.29, 0.717) is 11.1 Å². The van der Waals surface area contributed by atoms with Gasteiger partial charge < -0.3 is 4.42 Å². The van der Waals surface area contributed by atoms with E-state index in [-0.39, 0.29) is 5.82 Å². The summed E-state index contributed by atoms with van der Waals surface area (Å²) in [5.41, 5.74) is 10.4. The zero-order valence-corrected chi connectivity index (χ0v) is 20.9. The van der Waals surface area contributed by atoms with E-state index in [1.54, 1.807) is 6.07 Å². The Bertz CT molecular complexity index is 1780. The molecule has 176 valence electrons. The Balaban J connectivity index is 1.61. The first-order chi connectivity index (χ1) is 17.4. The van der Waals surface area contributed by atoms with Crippen LogP contribution < -0.4 is 4.57 Å². The number of rotatable bonds is 3. The molecular formula is C33H27FNO+. The number of benzene rings is 4. The summed E-state index contributed by atoms with van der Waals surface area (Å²) in [6.07, 6.45) is 2.11. The van der Waals surface area contributed by atoms with Gasteiger partial charge in [0.25, 0.3) is 0 Å². The monoisotopic (exact) mass is 472 g/mol. The second-order valence-electron chi connectivity index (χ2n) is 9.68. The smallest absolute Gasteiger partial charge is 0.216 e. The van der Waals surface area contributed by atoms with Crippen molar-refractivity contribution in [3.05, 3.63) is 114 Å². The van der Waals surface area contributed by atoms with Crippen LogP contribution in [0.15, 0.2) is 95.5 Å². The average Bonchev–Trinajstić information content (AvgIpc) is 3.23. The summed E-state index contributed by atoms with van der Waals surface area (Å²) in [7, 11) is 2.05. The fraction of sp³-hybridized carbons (Fsp3) is 0.121. The zero-order valence-electron chi connectivity index (χ0n) is 20.9. The molecule has 0 saturated heterocycles. The number of furan rings is 1. The van der Waals surface area contributed by atoms with Crippen molar-refractivity contribution >= 4 is 21.9 Å². The van der Waals surface area contributed by atoms with Crippen LogP contribution in [0.2, 0.25) is 0 Å². The van der Waals surface area contributed by atoms with Crippen LogP contribution in [-0.4, -0.2) is 0 Å². The molecule has 0 aliphatic carbocycles. The molecule has 0 aliphatic rings. The molecule has 3 heteroatoms. The maximum Gasteiger partial charge on any atom is 0.216 e. The van der Waals surface area contributed by atoms with E-state index in [9.17, 15) is 0 Å². The van der Waals surface area contributed by atoms with Crippen LogP contribution in [0.3, 0.4) is 0 Å². The Morgan fingerprint density at radius 2 is 1.31 bits per heavy atom. The Labute approximate surface area is 210 Å². The fourth-order valence-corrected chi connectivity index (χ4v) is 5.17. The summed E-state index contributed by atoms with van der Waals surface area (Å²) in [5, 5.41) is 1.90. The summed E-state index contributed by atoms with van der Waals surface area (Å²) in [5.74, 6) is -0.290. The van der Waals surface area contributed by atoms with Crippen LogP contribution >= 0.6 is 0 Å². The minimum Gasteiger partial charge on any atom is -0.454 e. The zero-order chi connectivity index (χ0) is 25.0. The lowest BCUT2D eigenvalue weighted by Crippen LogP contribution is -2.31. The normalized spacial score (nSPS) is 11.5. The number of aromatic nitrogens is 1.